The van der Waals surface area contributed by atoms with Gasteiger partial charge in [-0.05, 0) is 35.0 Å². The lowest BCUT2D eigenvalue weighted by atomic mass is 10.1. The Morgan fingerprint density at radius 3 is 2.32 bits per heavy atom. The van der Waals surface area contributed by atoms with E-state index in [2.05, 4.69) is 61.8 Å². The average Bonchev–Trinajstić information content (AvgIpc) is 3.37. The van der Waals surface area contributed by atoms with Crippen molar-refractivity contribution in [1.29, 1.82) is 0 Å². The molecule has 2 atom stereocenters. The van der Waals surface area contributed by atoms with Crippen LogP contribution in [0.4, 0.5) is 5.69 Å². The Bertz CT molecular complexity index is 925. The minimum absolute atomic E-state index is 0.0640. The number of aromatic nitrogens is 4. The number of nitrogens with one attached hydrogen (secondary N) is 1. The van der Waals surface area contributed by atoms with E-state index in [1.165, 1.54) is 16.7 Å². The largest absolute Gasteiger partial charge is 0.369 e. The fourth-order valence-electron chi connectivity index (χ4n) is 4.01. The lowest BCUT2D eigenvalue weighted by Gasteiger charge is -2.39. The molecule has 8 heteroatoms. The molecular weight excluding hydrogens is 390 g/mol. The van der Waals surface area contributed by atoms with Gasteiger partial charge in [0.1, 0.15) is 12.4 Å². The van der Waals surface area contributed by atoms with Crippen molar-refractivity contribution < 1.29 is 4.79 Å². The van der Waals surface area contributed by atoms with Gasteiger partial charge in [0.05, 0.1) is 0 Å². The predicted octanol–water partition coefficient (Wildman–Crippen LogP) is 1.78. The molecule has 1 saturated heterocycles. The van der Waals surface area contributed by atoms with Crippen LogP contribution in [-0.2, 0) is 11.2 Å². The predicted molar refractivity (Wildman–Crippen MR) is 120 cm³/mol. The van der Waals surface area contributed by atoms with Crippen LogP contribution in [0.25, 0.3) is 0 Å². The van der Waals surface area contributed by atoms with Crippen molar-refractivity contribution in [3.8, 4) is 0 Å². The highest BCUT2D eigenvalue weighted by Gasteiger charge is 2.25. The molecule has 162 valence electrons. The zero-order chi connectivity index (χ0) is 21.5. The van der Waals surface area contributed by atoms with Gasteiger partial charge in [-0.3, -0.25) is 9.69 Å². The standard InChI is InChI=1S/C23H29N7O/c1-19(28-12-14-29(15-13-28)21-10-6-3-7-11-21)17-24-23(31)22(30-18-25-26-27-30)16-20-8-4-2-5-9-20/h2-11,18-19,22H,12-17H2,1H3,(H,24,31). The van der Waals surface area contributed by atoms with Crippen molar-refractivity contribution in [3.63, 3.8) is 0 Å². The van der Waals surface area contributed by atoms with E-state index in [-0.39, 0.29) is 11.9 Å². The molecule has 1 amide bonds. The van der Waals surface area contributed by atoms with Gasteiger partial charge in [0.25, 0.3) is 0 Å². The van der Waals surface area contributed by atoms with E-state index in [4.69, 9.17) is 0 Å². The number of hydrogen-bond acceptors (Lipinski definition) is 6. The summed E-state index contributed by atoms with van der Waals surface area (Å²) >= 11 is 0. The summed E-state index contributed by atoms with van der Waals surface area (Å²) in [5.41, 5.74) is 2.34. The molecule has 1 aromatic heterocycles. The molecule has 8 nitrogen and oxygen atoms in total. The summed E-state index contributed by atoms with van der Waals surface area (Å²) in [5.74, 6) is -0.0640. The number of benzene rings is 2. The van der Waals surface area contributed by atoms with E-state index in [1.54, 1.807) is 0 Å². The van der Waals surface area contributed by atoms with E-state index >= 15 is 0 Å². The second-order valence-corrected chi connectivity index (χ2v) is 7.95. The van der Waals surface area contributed by atoms with Crippen molar-refractivity contribution in [1.82, 2.24) is 30.4 Å². The smallest absolute Gasteiger partial charge is 0.245 e. The van der Waals surface area contributed by atoms with E-state index in [0.717, 1.165) is 31.7 Å². The van der Waals surface area contributed by atoms with Crippen LogP contribution in [0.5, 0.6) is 0 Å². The van der Waals surface area contributed by atoms with Crippen LogP contribution in [0.2, 0.25) is 0 Å². The summed E-state index contributed by atoms with van der Waals surface area (Å²) in [4.78, 5) is 17.9. The van der Waals surface area contributed by atoms with Gasteiger partial charge in [0.15, 0.2) is 0 Å². The average molecular weight is 420 g/mol. The van der Waals surface area contributed by atoms with Crippen molar-refractivity contribution >= 4 is 11.6 Å². The summed E-state index contributed by atoms with van der Waals surface area (Å²) in [7, 11) is 0. The SMILES string of the molecule is CC(CNC(=O)C(Cc1ccccc1)n1cnnn1)N1CCN(c2ccccc2)CC1. The number of piperazine rings is 1. The molecule has 3 aromatic rings. The number of anilines is 1. The third kappa shape index (κ3) is 5.46. The molecule has 1 N–H and O–H groups in total. The Labute approximate surface area is 182 Å². The highest BCUT2D eigenvalue weighted by atomic mass is 16.2. The van der Waals surface area contributed by atoms with Crippen LogP contribution in [-0.4, -0.2) is 69.8 Å². The maximum atomic E-state index is 13.0. The number of rotatable bonds is 8. The molecule has 0 radical (unpaired) electrons. The highest BCUT2D eigenvalue weighted by molar-refractivity contribution is 5.80. The lowest BCUT2D eigenvalue weighted by Crippen LogP contribution is -2.52. The van der Waals surface area contributed by atoms with Crippen LogP contribution in [0, 0.1) is 0 Å². The summed E-state index contributed by atoms with van der Waals surface area (Å²) in [6, 6.07) is 20.2. The Hall–Kier alpha value is -3.26. The van der Waals surface area contributed by atoms with Gasteiger partial charge in [-0.1, -0.05) is 48.5 Å². The van der Waals surface area contributed by atoms with Crippen molar-refractivity contribution in [3.05, 3.63) is 72.6 Å². The van der Waals surface area contributed by atoms with Crippen molar-refractivity contribution in [2.75, 3.05) is 37.6 Å². The Morgan fingerprint density at radius 2 is 1.68 bits per heavy atom. The van der Waals surface area contributed by atoms with Crippen molar-refractivity contribution in [2.45, 2.75) is 25.4 Å². The molecule has 1 fully saturated rings. The maximum absolute atomic E-state index is 13.0. The van der Waals surface area contributed by atoms with Crippen LogP contribution in [0.3, 0.4) is 0 Å². The summed E-state index contributed by atoms with van der Waals surface area (Å²) in [6.07, 6.45) is 2.04. The van der Waals surface area contributed by atoms with Gasteiger partial charge >= 0.3 is 0 Å². The maximum Gasteiger partial charge on any atom is 0.245 e. The molecule has 31 heavy (non-hydrogen) atoms. The minimum Gasteiger partial charge on any atom is -0.369 e. The molecule has 2 aromatic carbocycles. The van der Waals surface area contributed by atoms with E-state index in [0.29, 0.717) is 13.0 Å². The number of para-hydroxylation sites is 1. The van der Waals surface area contributed by atoms with Crippen LogP contribution in [0.1, 0.15) is 18.5 Å². The molecule has 0 spiro atoms. The molecule has 0 bridgehead atoms. The Kier molecular flexibility index (Phi) is 6.89. The first kappa shape index (κ1) is 21.0. The van der Waals surface area contributed by atoms with E-state index in [9.17, 15) is 4.79 Å². The van der Waals surface area contributed by atoms with Crippen molar-refractivity contribution in [2.24, 2.45) is 0 Å². The first-order chi connectivity index (χ1) is 15.2. The third-order valence-corrected chi connectivity index (χ3v) is 5.89. The monoisotopic (exact) mass is 419 g/mol. The molecule has 2 heterocycles. The number of tetrazole rings is 1. The van der Waals surface area contributed by atoms with Crippen LogP contribution < -0.4 is 10.2 Å². The van der Waals surface area contributed by atoms with E-state index in [1.807, 2.05) is 36.4 Å². The third-order valence-electron chi connectivity index (χ3n) is 5.89. The molecule has 1 aliphatic heterocycles. The van der Waals surface area contributed by atoms with Gasteiger partial charge in [-0.2, -0.15) is 0 Å². The summed E-state index contributed by atoms with van der Waals surface area (Å²) in [6.45, 7) is 6.70. The minimum atomic E-state index is -0.473. The highest BCUT2D eigenvalue weighted by Crippen LogP contribution is 2.17. The molecule has 1 aliphatic rings. The molecule has 0 saturated carbocycles. The number of carbonyl (C=O) groups is 1. The molecule has 0 aliphatic carbocycles. The van der Waals surface area contributed by atoms with Gasteiger partial charge < -0.3 is 10.2 Å². The second kappa shape index (κ2) is 10.2. The normalized spacial score (nSPS) is 16.6. The Balaban J connectivity index is 1.30. The number of amides is 1. The molecule has 4 rings (SSSR count). The number of hydrogen-bond donors (Lipinski definition) is 1. The molecule has 2 unspecified atom stereocenters. The quantitative estimate of drug-likeness (QED) is 0.600. The zero-order valence-corrected chi connectivity index (χ0v) is 17.8. The fourth-order valence-corrected chi connectivity index (χ4v) is 4.01. The second-order valence-electron chi connectivity index (χ2n) is 7.95. The fraction of sp³-hybridized carbons (Fsp3) is 0.391. The Morgan fingerprint density at radius 1 is 1.00 bits per heavy atom. The van der Waals surface area contributed by atoms with Gasteiger partial charge in [-0.25, -0.2) is 4.68 Å². The number of carbonyl (C=O) groups excluding carboxylic acids is 1. The van der Waals surface area contributed by atoms with Crippen LogP contribution in [0.15, 0.2) is 67.0 Å². The lowest BCUT2D eigenvalue weighted by molar-refractivity contribution is -0.124. The summed E-state index contributed by atoms with van der Waals surface area (Å²) in [5, 5.41) is 14.5. The summed E-state index contributed by atoms with van der Waals surface area (Å²) < 4.78 is 1.53. The van der Waals surface area contributed by atoms with E-state index < -0.39 is 6.04 Å². The van der Waals surface area contributed by atoms with Gasteiger partial charge in [0.2, 0.25) is 5.91 Å². The molecular formula is C23H29N7O. The zero-order valence-electron chi connectivity index (χ0n) is 17.8. The first-order valence-corrected chi connectivity index (χ1v) is 10.8. The van der Waals surface area contributed by atoms with Crippen LogP contribution >= 0.6 is 0 Å². The van der Waals surface area contributed by atoms with Gasteiger partial charge in [-0.15, -0.1) is 5.10 Å². The topological polar surface area (TPSA) is 79.2 Å². The van der Waals surface area contributed by atoms with Gasteiger partial charge in [0, 0.05) is 50.9 Å². The number of nitrogens with zero attached hydrogens (tertiary/aromatic N) is 6. The first-order valence-electron chi connectivity index (χ1n) is 10.8.